The predicted molar refractivity (Wildman–Crippen MR) is 77.9 cm³/mol. The Labute approximate surface area is 113 Å². The maximum atomic E-state index is 10.3. The van der Waals surface area contributed by atoms with Crippen LogP contribution in [0.15, 0.2) is 0 Å². The summed E-state index contributed by atoms with van der Waals surface area (Å²) in [6.07, 6.45) is 17.3. The quantitative estimate of drug-likeness (QED) is 0.415. The first kappa shape index (κ1) is 17.5. The average Bonchev–Trinajstić information content (AvgIpc) is 2.34. The largest absolute Gasteiger partial charge is 0.481 e. The van der Waals surface area contributed by atoms with Gasteiger partial charge in [-0.2, -0.15) is 0 Å². The van der Waals surface area contributed by atoms with Crippen molar-refractivity contribution in [3.8, 4) is 0 Å². The van der Waals surface area contributed by atoms with Gasteiger partial charge in [-0.1, -0.05) is 84.0 Å². The minimum Gasteiger partial charge on any atom is -0.481 e. The molecule has 2 nitrogen and oxygen atoms in total. The highest BCUT2D eigenvalue weighted by Crippen LogP contribution is 2.12. The van der Waals surface area contributed by atoms with Crippen molar-refractivity contribution in [1.82, 2.24) is 0 Å². The summed E-state index contributed by atoms with van der Waals surface area (Å²) in [6.45, 7) is 2.26. The Kier molecular flexibility index (Phi) is 14.1. The van der Waals surface area contributed by atoms with E-state index in [2.05, 4.69) is 6.92 Å². The molecule has 0 aliphatic heterocycles. The van der Waals surface area contributed by atoms with Crippen LogP contribution in [-0.4, -0.2) is 11.1 Å². The number of carboxylic acid groups (broad SMARTS) is 1. The van der Waals surface area contributed by atoms with Gasteiger partial charge in [0, 0.05) is 6.42 Å². The second-order valence-electron chi connectivity index (χ2n) is 5.39. The zero-order chi connectivity index (χ0) is 13.5. The number of hydrogen-bond acceptors (Lipinski definition) is 1. The lowest BCUT2D eigenvalue weighted by molar-refractivity contribution is -0.137. The monoisotopic (exact) mass is 258 g/mol. The molecule has 0 aliphatic rings. The van der Waals surface area contributed by atoms with Crippen LogP contribution in [0.2, 0.25) is 0 Å². The molecule has 0 radical (unpaired) electrons. The van der Waals surface area contributed by atoms with Crippen LogP contribution < -0.4 is 0 Å². The Morgan fingerprint density at radius 2 is 1.00 bits per heavy atom. The molecular formula is C16H32O2. The number of carbonyl (C=O) groups is 1. The Morgan fingerprint density at radius 1 is 0.667 bits per heavy atom. The highest BCUT2D eigenvalue weighted by atomic mass is 16.6. The van der Waals surface area contributed by atoms with Crippen LogP contribution in [0.4, 0.5) is 0 Å². The van der Waals surface area contributed by atoms with Crippen molar-refractivity contribution >= 4 is 5.97 Å². The molecule has 0 amide bonds. The molecule has 0 saturated carbocycles. The summed E-state index contributed by atoms with van der Waals surface area (Å²) in [7, 11) is 0. The SMILES string of the molecule is CCCCCCCCCCCCCCC[14C](=O)O. The Balaban J connectivity index is 2.92. The van der Waals surface area contributed by atoms with Gasteiger partial charge in [-0.3, -0.25) is 4.79 Å². The first-order valence-electron chi connectivity index (χ1n) is 7.99. The molecule has 0 aliphatic carbocycles. The van der Waals surface area contributed by atoms with E-state index in [0.29, 0.717) is 6.42 Å². The first-order valence-corrected chi connectivity index (χ1v) is 7.99. The third-order valence-electron chi connectivity index (χ3n) is 3.49. The van der Waals surface area contributed by atoms with Crippen molar-refractivity contribution in [3.63, 3.8) is 0 Å². The van der Waals surface area contributed by atoms with E-state index in [9.17, 15) is 4.79 Å². The van der Waals surface area contributed by atoms with Crippen molar-refractivity contribution < 1.29 is 9.90 Å². The molecule has 0 fully saturated rings. The number of rotatable bonds is 14. The summed E-state index contributed by atoms with van der Waals surface area (Å²) in [5, 5.41) is 8.49. The van der Waals surface area contributed by atoms with Gasteiger partial charge >= 0.3 is 5.97 Å². The Morgan fingerprint density at radius 3 is 1.33 bits per heavy atom. The van der Waals surface area contributed by atoms with Crippen LogP contribution >= 0.6 is 0 Å². The molecule has 0 bridgehead atoms. The minimum atomic E-state index is -0.655. The molecule has 0 saturated heterocycles. The molecule has 108 valence electrons. The molecule has 0 rings (SSSR count). The van der Waals surface area contributed by atoms with E-state index < -0.39 is 5.97 Å². The summed E-state index contributed by atoms with van der Waals surface area (Å²) in [5.74, 6) is -0.655. The van der Waals surface area contributed by atoms with Crippen LogP contribution in [0.3, 0.4) is 0 Å². The fraction of sp³-hybridized carbons (Fsp3) is 0.938. The zero-order valence-corrected chi connectivity index (χ0v) is 12.3. The molecule has 0 atom stereocenters. The lowest BCUT2D eigenvalue weighted by Gasteiger charge is -2.02. The van der Waals surface area contributed by atoms with Crippen molar-refractivity contribution in [1.29, 1.82) is 0 Å². The molecule has 0 aromatic carbocycles. The van der Waals surface area contributed by atoms with Crippen molar-refractivity contribution in [2.45, 2.75) is 96.8 Å². The van der Waals surface area contributed by atoms with E-state index >= 15 is 0 Å². The van der Waals surface area contributed by atoms with E-state index in [1.165, 1.54) is 70.6 Å². The smallest absolute Gasteiger partial charge is 0.303 e. The van der Waals surface area contributed by atoms with Gasteiger partial charge < -0.3 is 5.11 Å². The highest BCUT2D eigenvalue weighted by Gasteiger charge is 1.96. The van der Waals surface area contributed by atoms with Crippen molar-refractivity contribution in [3.05, 3.63) is 0 Å². The fourth-order valence-corrected chi connectivity index (χ4v) is 2.29. The number of carboxylic acids is 1. The molecule has 0 spiro atoms. The van der Waals surface area contributed by atoms with Gasteiger partial charge in [0.1, 0.15) is 0 Å². The van der Waals surface area contributed by atoms with E-state index in [4.69, 9.17) is 5.11 Å². The molecular weight excluding hydrogens is 226 g/mol. The summed E-state index contributed by atoms with van der Waals surface area (Å²) >= 11 is 0. The molecule has 2 heteroatoms. The standard InChI is InChI=1S/C16H32O2/c1-2-3-4-5-6-7-8-9-10-11-12-13-14-15-16(17)18/h2-15H2,1H3,(H,17,18)/i16+2. The van der Waals surface area contributed by atoms with Gasteiger partial charge in [0.15, 0.2) is 0 Å². The third kappa shape index (κ3) is 15.5. The van der Waals surface area contributed by atoms with E-state index in [1.54, 1.807) is 0 Å². The van der Waals surface area contributed by atoms with Crippen LogP contribution in [0.25, 0.3) is 0 Å². The lowest BCUT2D eigenvalue weighted by atomic mass is 10.0. The Bertz CT molecular complexity index is 178. The second kappa shape index (κ2) is 14.5. The van der Waals surface area contributed by atoms with Gasteiger partial charge in [0.25, 0.3) is 0 Å². The first-order chi connectivity index (χ1) is 8.77. The molecule has 0 unspecified atom stereocenters. The maximum Gasteiger partial charge on any atom is 0.303 e. The van der Waals surface area contributed by atoms with Gasteiger partial charge in [-0.05, 0) is 6.42 Å². The molecule has 0 heterocycles. The summed E-state index contributed by atoms with van der Waals surface area (Å²) in [6, 6.07) is 0. The van der Waals surface area contributed by atoms with Crippen molar-refractivity contribution in [2.75, 3.05) is 0 Å². The predicted octanol–water partition coefficient (Wildman–Crippen LogP) is 5.55. The number of aliphatic carboxylic acids is 1. The van der Waals surface area contributed by atoms with Crippen molar-refractivity contribution in [2.24, 2.45) is 0 Å². The van der Waals surface area contributed by atoms with Gasteiger partial charge in [-0.15, -0.1) is 0 Å². The zero-order valence-electron chi connectivity index (χ0n) is 12.3. The third-order valence-corrected chi connectivity index (χ3v) is 3.49. The van der Waals surface area contributed by atoms with Gasteiger partial charge in [-0.25, -0.2) is 0 Å². The van der Waals surface area contributed by atoms with Gasteiger partial charge in [0.2, 0.25) is 0 Å². The minimum absolute atomic E-state index is 0.345. The maximum absolute atomic E-state index is 10.3. The lowest BCUT2D eigenvalue weighted by Crippen LogP contribution is -1.93. The summed E-state index contributed by atoms with van der Waals surface area (Å²) in [4.78, 5) is 10.3. The average molecular weight is 258 g/mol. The van der Waals surface area contributed by atoms with E-state index in [1.807, 2.05) is 0 Å². The van der Waals surface area contributed by atoms with Crippen LogP contribution in [-0.2, 0) is 4.79 Å². The summed E-state index contributed by atoms with van der Waals surface area (Å²) < 4.78 is 0. The van der Waals surface area contributed by atoms with Crippen LogP contribution in [0.1, 0.15) is 96.8 Å². The Hall–Kier alpha value is -0.530. The normalized spacial score (nSPS) is 10.7. The molecule has 0 aromatic rings. The molecule has 1 N–H and O–H groups in total. The molecule has 0 aromatic heterocycles. The topological polar surface area (TPSA) is 37.3 Å². The number of hydrogen-bond donors (Lipinski definition) is 1. The molecule has 18 heavy (non-hydrogen) atoms. The second-order valence-corrected chi connectivity index (χ2v) is 5.39. The number of unbranched alkanes of at least 4 members (excludes halogenated alkanes) is 12. The van der Waals surface area contributed by atoms with Crippen LogP contribution in [0.5, 0.6) is 0 Å². The fourth-order valence-electron chi connectivity index (χ4n) is 2.29. The summed E-state index contributed by atoms with van der Waals surface area (Å²) in [5.41, 5.74) is 0. The van der Waals surface area contributed by atoms with E-state index in [0.717, 1.165) is 12.8 Å². The van der Waals surface area contributed by atoms with Gasteiger partial charge in [0.05, 0.1) is 0 Å². The van der Waals surface area contributed by atoms with Crippen LogP contribution in [0, 0.1) is 0 Å². The highest BCUT2D eigenvalue weighted by molar-refractivity contribution is 5.66. The van der Waals surface area contributed by atoms with E-state index in [-0.39, 0.29) is 0 Å².